The van der Waals surface area contributed by atoms with Crippen molar-refractivity contribution in [2.45, 2.75) is 11.8 Å². The third kappa shape index (κ3) is 3.46. The molecule has 90 valence electrons. The first-order chi connectivity index (χ1) is 7.60. The van der Waals surface area contributed by atoms with Crippen molar-refractivity contribution in [3.05, 3.63) is 18.5 Å². The largest absolute Gasteiger partial charge is 0.383 e. The van der Waals surface area contributed by atoms with Gasteiger partial charge in [0.1, 0.15) is 0 Å². The quantitative estimate of drug-likeness (QED) is 0.754. The summed E-state index contributed by atoms with van der Waals surface area (Å²) in [5.74, 6) is 0.0796. The molecule has 1 heterocycles. The van der Waals surface area contributed by atoms with E-state index in [4.69, 9.17) is 4.74 Å². The fraction of sp³-hybridized carbons (Fsp3) is 0.500. The predicted molar refractivity (Wildman–Crippen MR) is 62.3 cm³/mol. The maximum Gasteiger partial charge on any atom is 0.179 e. The summed E-state index contributed by atoms with van der Waals surface area (Å²) in [5, 5.41) is 3.03. The molecule has 0 bridgehead atoms. The van der Waals surface area contributed by atoms with Gasteiger partial charge < -0.3 is 10.1 Å². The summed E-state index contributed by atoms with van der Waals surface area (Å²) in [6.45, 7) is 2.79. The molecule has 0 spiro atoms. The summed E-state index contributed by atoms with van der Waals surface area (Å²) in [6.07, 6.45) is 2.95. The summed E-state index contributed by atoms with van der Waals surface area (Å²) in [4.78, 5) is 4.14. The molecule has 0 saturated carbocycles. The number of pyridine rings is 1. The summed E-state index contributed by atoms with van der Waals surface area (Å²) in [6, 6.07) is 1.58. The van der Waals surface area contributed by atoms with E-state index >= 15 is 0 Å². The summed E-state index contributed by atoms with van der Waals surface area (Å²) in [5.41, 5.74) is 0.687. The van der Waals surface area contributed by atoms with Gasteiger partial charge in [-0.1, -0.05) is 6.92 Å². The molecular weight excluding hydrogens is 228 g/mol. The van der Waals surface area contributed by atoms with E-state index in [1.54, 1.807) is 26.3 Å². The molecule has 1 rings (SSSR count). The number of nitrogens with one attached hydrogen (secondary N) is 1. The van der Waals surface area contributed by atoms with Crippen LogP contribution in [0.2, 0.25) is 0 Å². The highest BCUT2D eigenvalue weighted by molar-refractivity contribution is 7.91. The van der Waals surface area contributed by atoms with E-state index in [-0.39, 0.29) is 10.6 Å². The minimum atomic E-state index is -3.19. The first-order valence-corrected chi connectivity index (χ1v) is 6.66. The maximum atomic E-state index is 11.6. The van der Waals surface area contributed by atoms with Crippen LogP contribution in [-0.2, 0) is 14.6 Å². The monoisotopic (exact) mass is 244 g/mol. The fourth-order valence-corrected chi connectivity index (χ4v) is 2.01. The van der Waals surface area contributed by atoms with Crippen molar-refractivity contribution in [2.24, 2.45) is 0 Å². The normalized spacial score (nSPS) is 11.4. The molecule has 6 heteroatoms. The van der Waals surface area contributed by atoms with Gasteiger partial charge in [-0.2, -0.15) is 0 Å². The second-order valence-electron chi connectivity index (χ2n) is 3.23. The Balaban J connectivity index is 2.79. The standard InChI is InChI=1S/C10H16N2O3S/c1-3-16(13,14)10-6-9(7-11-8-10)12-4-5-15-2/h6-8,12H,3-5H2,1-2H3. The molecule has 0 saturated heterocycles. The van der Waals surface area contributed by atoms with Gasteiger partial charge >= 0.3 is 0 Å². The minimum Gasteiger partial charge on any atom is -0.383 e. The molecule has 0 amide bonds. The molecule has 0 aliphatic heterocycles. The first-order valence-electron chi connectivity index (χ1n) is 5.00. The molecule has 0 aliphatic rings. The lowest BCUT2D eigenvalue weighted by molar-refractivity contribution is 0.211. The molecular formula is C10H16N2O3S. The van der Waals surface area contributed by atoms with E-state index in [0.717, 1.165) is 0 Å². The zero-order valence-corrected chi connectivity index (χ0v) is 10.3. The van der Waals surface area contributed by atoms with E-state index in [1.165, 1.54) is 6.20 Å². The highest BCUT2D eigenvalue weighted by atomic mass is 32.2. The van der Waals surface area contributed by atoms with Gasteiger partial charge in [0, 0.05) is 19.9 Å². The average Bonchev–Trinajstić information content (AvgIpc) is 2.30. The van der Waals surface area contributed by atoms with Crippen molar-refractivity contribution in [1.29, 1.82) is 0 Å². The molecule has 1 aromatic rings. The van der Waals surface area contributed by atoms with Crippen molar-refractivity contribution >= 4 is 15.5 Å². The van der Waals surface area contributed by atoms with Gasteiger partial charge in [0.25, 0.3) is 0 Å². The molecule has 1 N–H and O–H groups in total. The topological polar surface area (TPSA) is 68.3 Å². The Morgan fingerprint density at radius 3 is 2.81 bits per heavy atom. The average molecular weight is 244 g/mol. The van der Waals surface area contributed by atoms with Crippen LogP contribution in [0.25, 0.3) is 0 Å². The third-order valence-corrected chi connectivity index (χ3v) is 3.79. The van der Waals surface area contributed by atoms with E-state index in [1.807, 2.05) is 0 Å². The number of rotatable bonds is 6. The lowest BCUT2D eigenvalue weighted by Crippen LogP contribution is -2.09. The van der Waals surface area contributed by atoms with Crippen molar-refractivity contribution in [3.63, 3.8) is 0 Å². The van der Waals surface area contributed by atoms with Crippen molar-refractivity contribution in [2.75, 3.05) is 31.3 Å². The molecule has 0 fully saturated rings. The molecule has 0 atom stereocenters. The number of nitrogens with zero attached hydrogens (tertiary/aromatic N) is 1. The molecule has 0 aliphatic carbocycles. The van der Waals surface area contributed by atoms with Crippen LogP contribution in [0.4, 0.5) is 5.69 Å². The van der Waals surface area contributed by atoms with Crippen molar-refractivity contribution in [1.82, 2.24) is 4.98 Å². The van der Waals surface area contributed by atoms with Gasteiger partial charge in [-0.3, -0.25) is 4.98 Å². The SMILES string of the molecule is CCS(=O)(=O)c1cncc(NCCOC)c1. The Kier molecular flexibility index (Phi) is 4.70. The Bertz CT molecular complexity index is 431. The van der Waals surface area contributed by atoms with Crippen LogP contribution in [0.1, 0.15) is 6.92 Å². The summed E-state index contributed by atoms with van der Waals surface area (Å²) >= 11 is 0. The zero-order chi connectivity index (χ0) is 12.0. The van der Waals surface area contributed by atoms with Gasteiger partial charge in [0.05, 0.1) is 29.1 Å². The van der Waals surface area contributed by atoms with Gasteiger partial charge in [-0.15, -0.1) is 0 Å². The number of anilines is 1. The number of ether oxygens (including phenoxy) is 1. The van der Waals surface area contributed by atoms with Crippen LogP contribution >= 0.6 is 0 Å². The molecule has 16 heavy (non-hydrogen) atoms. The molecule has 0 aromatic carbocycles. The molecule has 0 unspecified atom stereocenters. The fourth-order valence-electron chi connectivity index (χ4n) is 1.15. The first kappa shape index (κ1) is 12.9. The van der Waals surface area contributed by atoms with Gasteiger partial charge in [-0.05, 0) is 6.07 Å². The number of aromatic nitrogens is 1. The van der Waals surface area contributed by atoms with Gasteiger partial charge in [-0.25, -0.2) is 8.42 Å². The lowest BCUT2D eigenvalue weighted by atomic mass is 10.4. The maximum absolute atomic E-state index is 11.6. The Labute approximate surface area is 95.8 Å². The lowest BCUT2D eigenvalue weighted by Gasteiger charge is -2.07. The molecule has 0 radical (unpaired) electrons. The number of sulfone groups is 1. The Morgan fingerprint density at radius 1 is 1.44 bits per heavy atom. The predicted octanol–water partition coefficient (Wildman–Crippen LogP) is 0.933. The van der Waals surface area contributed by atoms with Crippen LogP contribution in [-0.4, -0.2) is 39.4 Å². The Morgan fingerprint density at radius 2 is 2.19 bits per heavy atom. The van der Waals surface area contributed by atoms with Crippen LogP contribution in [0.15, 0.2) is 23.4 Å². The van der Waals surface area contributed by atoms with E-state index in [0.29, 0.717) is 18.8 Å². The molecule has 1 aromatic heterocycles. The van der Waals surface area contributed by atoms with Crippen LogP contribution in [0, 0.1) is 0 Å². The number of methoxy groups -OCH3 is 1. The van der Waals surface area contributed by atoms with Crippen LogP contribution in [0.5, 0.6) is 0 Å². The van der Waals surface area contributed by atoms with Gasteiger partial charge in [0.15, 0.2) is 9.84 Å². The number of hydrogen-bond donors (Lipinski definition) is 1. The highest BCUT2D eigenvalue weighted by Crippen LogP contribution is 2.14. The smallest absolute Gasteiger partial charge is 0.179 e. The van der Waals surface area contributed by atoms with E-state index < -0.39 is 9.84 Å². The van der Waals surface area contributed by atoms with Crippen LogP contribution in [0.3, 0.4) is 0 Å². The number of hydrogen-bond acceptors (Lipinski definition) is 5. The van der Waals surface area contributed by atoms with Gasteiger partial charge in [0.2, 0.25) is 0 Å². The summed E-state index contributed by atoms with van der Waals surface area (Å²) < 4.78 is 28.1. The van der Waals surface area contributed by atoms with Crippen molar-refractivity contribution < 1.29 is 13.2 Å². The second kappa shape index (κ2) is 5.81. The zero-order valence-electron chi connectivity index (χ0n) is 9.43. The van der Waals surface area contributed by atoms with E-state index in [9.17, 15) is 8.42 Å². The van der Waals surface area contributed by atoms with Crippen molar-refractivity contribution in [3.8, 4) is 0 Å². The highest BCUT2D eigenvalue weighted by Gasteiger charge is 2.12. The summed E-state index contributed by atoms with van der Waals surface area (Å²) in [7, 11) is -1.58. The third-order valence-electron chi connectivity index (χ3n) is 2.09. The van der Waals surface area contributed by atoms with E-state index in [2.05, 4.69) is 10.3 Å². The minimum absolute atomic E-state index is 0.0796. The second-order valence-corrected chi connectivity index (χ2v) is 5.51. The Hall–Kier alpha value is -1.14. The van der Waals surface area contributed by atoms with Crippen LogP contribution < -0.4 is 5.32 Å². The molecule has 5 nitrogen and oxygen atoms in total.